The zero-order valence-corrected chi connectivity index (χ0v) is 15.5. The van der Waals surface area contributed by atoms with Crippen molar-refractivity contribution >= 4 is 29.0 Å². The number of aromatic nitrogens is 4. The van der Waals surface area contributed by atoms with Gasteiger partial charge in [-0.15, -0.1) is 0 Å². The highest BCUT2D eigenvalue weighted by Crippen LogP contribution is 2.28. The molecule has 4 heterocycles. The first-order valence-electron chi connectivity index (χ1n) is 8.74. The Balaban J connectivity index is 1.67. The van der Waals surface area contributed by atoms with Gasteiger partial charge in [-0.25, -0.2) is 19.3 Å². The van der Waals surface area contributed by atoms with Crippen LogP contribution in [0.25, 0.3) is 16.9 Å². The number of rotatable bonds is 3. The number of pyridine rings is 1. The highest BCUT2D eigenvalue weighted by Gasteiger charge is 2.24. The summed E-state index contributed by atoms with van der Waals surface area (Å²) in [5.74, 6) is 1.11. The van der Waals surface area contributed by atoms with Gasteiger partial charge in [-0.2, -0.15) is 5.10 Å². The number of nitrogens with zero attached hydrogens (tertiary/aromatic N) is 5. The summed E-state index contributed by atoms with van der Waals surface area (Å²) in [6, 6.07) is 5.75. The van der Waals surface area contributed by atoms with Crippen LogP contribution in [0.3, 0.4) is 0 Å². The van der Waals surface area contributed by atoms with Gasteiger partial charge < -0.3 is 15.3 Å². The molecule has 27 heavy (non-hydrogen) atoms. The van der Waals surface area contributed by atoms with E-state index < -0.39 is 6.09 Å². The lowest BCUT2D eigenvalue weighted by Crippen LogP contribution is -2.44. The van der Waals surface area contributed by atoms with E-state index in [0.29, 0.717) is 29.9 Å². The average Bonchev–Trinajstić information content (AvgIpc) is 3.09. The van der Waals surface area contributed by atoms with Crippen LogP contribution in [0, 0.1) is 6.92 Å². The number of likely N-dealkylation sites (tertiary alicyclic amines) is 1. The summed E-state index contributed by atoms with van der Waals surface area (Å²) in [5, 5.41) is 17.3. The first-order chi connectivity index (χ1) is 13.0. The minimum Gasteiger partial charge on any atom is -0.465 e. The van der Waals surface area contributed by atoms with Crippen molar-refractivity contribution in [2.45, 2.75) is 25.8 Å². The molecule has 0 aromatic carbocycles. The predicted molar refractivity (Wildman–Crippen MR) is 102 cm³/mol. The average molecular weight is 387 g/mol. The number of amides is 1. The van der Waals surface area contributed by atoms with Gasteiger partial charge >= 0.3 is 6.09 Å². The second-order valence-electron chi connectivity index (χ2n) is 6.61. The molecule has 8 nitrogen and oxygen atoms in total. The fourth-order valence-electron chi connectivity index (χ4n) is 3.32. The highest BCUT2D eigenvalue weighted by molar-refractivity contribution is 6.30. The molecule has 1 saturated heterocycles. The zero-order valence-electron chi connectivity index (χ0n) is 14.8. The molecule has 3 aromatic rings. The van der Waals surface area contributed by atoms with Crippen LogP contribution in [0.15, 0.2) is 30.6 Å². The van der Waals surface area contributed by atoms with Crippen LogP contribution in [0.4, 0.5) is 10.6 Å². The van der Waals surface area contributed by atoms with Gasteiger partial charge in [0.2, 0.25) is 0 Å². The number of anilines is 1. The van der Waals surface area contributed by atoms with Gasteiger partial charge in [-0.05, 0) is 31.9 Å². The molecule has 1 atom stereocenters. The van der Waals surface area contributed by atoms with E-state index >= 15 is 0 Å². The molecule has 3 aromatic heterocycles. The first kappa shape index (κ1) is 17.5. The normalized spacial score (nSPS) is 17.3. The topological polar surface area (TPSA) is 95.7 Å². The molecule has 9 heteroatoms. The molecule has 0 radical (unpaired) electrons. The zero-order chi connectivity index (χ0) is 19.0. The third-order valence-corrected chi connectivity index (χ3v) is 5.15. The van der Waals surface area contributed by atoms with Crippen LogP contribution in [0.1, 0.15) is 18.4 Å². The lowest BCUT2D eigenvalue weighted by atomic mass is 10.1. The van der Waals surface area contributed by atoms with Crippen molar-refractivity contribution in [3.05, 3.63) is 41.3 Å². The van der Waals surface area contributed by atoms with Crippen LogP contribution >= 0.6 is 11.6 Å². The Hall–Kier alpha value is -2.87. The summed E-state index contributed by atoms with van der Waals surface area (Å²) in [7, 11) is 0. The third-order valence-electron chi connectivity index (χ3n) is 4.79. The molecule has 0 saturated carbocycles. The molecule has 0 bridgehead atoms. The monoisotopic (exact) mass is 386 g/mol. The van der Waals surface area contributed by atoms with E-state index in [0.717, 1.165) is 29.5 Å². The quantitative estimate of drug-likeness (QED) is 0.670. The Morgan fingerprint density at radius 2 is 2.22 bits per heavy atom. The number of halogens is 1. The fraction of sp³-hybridized carbons (Fsp3) is 0.333. The van der Waals surface area contributed by atoms with Gasteiger partial charge in [0.15, 0.2) is 5.82 Å². The van der Waals surface area contributed by atoms with Crippen molar-refractivity contribution in [3.63, 3.8) is 0 Å². The van der Waals surface area contributed by atoms with Gasteiger partial charge in [0.05, 0.1) is 17.3 Å². The second kappa shape index (κ2) is 7.03. The Labute approximate surface area is 160 Å². The van der Waals surface area contributed by atoms with E-state index in [1.807, 2.05) is 31.3 Å². The minimum atomic E-state index is -0.897. The minimum absolute atomic E-state index is 0.0173. The first-order valence-corrected chi connectivity index (χ1v) is 9.12. The van der Waals surface area contributed by atoms with E-state index in [1.165, 1.54) is 4.90 Å². The number of piperidine rings is 1. The molecule has 0 spiro atoms. The molecule has 1 unspecified atom stereocenters. The summed E-state index contributed by atoms with van der Waals surface area (Å²) < 4.78 is 1.76. The Bertz CT molecular complexity index is 1000. The standard InChI is InChI=1S/C18H19ClN6O2/c1-11-15(19)22-17(13-9-20-25-8-3-2-6-14(13)25)23-16(11)21-12-5-4-7-24(10-12)18(26)27/h2-3,6,8-9,12H,4-5,7,10H2,1H3,(H,26,27)(H,21,22,23). The van der Waals surface area contributed by atoms with Crippen molar-refractivity contribution in [2.24, 2.45) is 0 Å². The van der Waals surface area contributed by atoms with E-state index in [9.17, 15) is 9.90 Å². The maximum absolute atomic E-state index is 11.2. The van der Waals surface area contributed by atoms with Gasteiger partial charge in [-0.1, -0.05) is 17.7 Å². The summed E-state index contributed by atoms with van der Waals surface area (Å²) in [4.78, 5) is 21.8. The number of hydrogen-bond donors (Lipinski definition) is 2. The summed E-state index contributed by atoms with van der Waals surface area (Å²) >= 11 is 6.36. The van der Waals surface area contributed by atoms with Crippen molar-refractivity contribution in [3.8, 4) is 11.4 Å². The largest absolute Gasteiger partial charge is 0.465 e. The second-order valence-corrected chi connectivity index (χ2v) is 6.97. The third kappa shape index (κ3) is 3.40. The SMILES string of the molecule is Cc1c(Cl)nc(-c2cnn3ccccc23)nc1NC1CCCN(C(=O)O)C1. The number of hydrogen-bond acceptors (Lipinski definition) is 5. The van der Waals surface area contributed by atoms with Crippen molar-refractivity contribution in [2.75, 3.05) is 18.4 Å². The molecule has 1 aliphatic rings. The van der Waals surface area contributed by atoms with Crippen molar-refractivity contribution < 1.29 is 9.90 Å². The van der Waals surface area contributed by atoms with Gasteiger partial charge in [-0.3, -0.25) is 0 Å². The predicted octanol–water partition coefficient (Wildman–Crippen LogP) is 3.31. The maximum Gasteiger partial charge on any atom is 0.407 e. The van der Waals surface area contributed by atoms with Crippen LogP contribution in [-0.2, 0) is 0 Å². The van der Waals surface area contributed by atoms with E-state index in [4.69, 9.17) is 11.6 Å². The van der Waals surface area contributed by atoms with Crippen LogP contribution < -0.4 is 5.32 Å². The van der Waals surface area contributed by atoms with Crippen molar-refractivity contribution in [1.82, 2.24) is 24.5 Å². The van der Waals surface area contributed by atoms with Gasteiger partial charge in [0.25, 0.3) is 0 Å². The molecule has 2 N–H and O–H groups in total. The van der Waals surface area contributed by atoms with E-state index in [2.05, 4.69) is 20.4 Å². The molecule has 1 aliphatic heterocycles. The van der Waals surface area contributed by atoms with Crippen LogP contribution in [-0.4, -0.2) is 54.8 Å². The molecule has 140 valence electrons. The summed E-state index contributed by atoms with van der Waals surface area (Å²) in [6.45, 7) is 2.83. The smallest absolute Gasteiger partial charge is 0.407 e. The molecule has 0 aliphatic carbocycles. The Morgan fingerprint density at radius 3 is 3.04 bits per heavy atom. The van der Waals surface area contributed by atoms with Gasteiger partial charge in [0, 0.05) is 30.9 Å². The molecule has 1 fully saturated rings. The number of carbonyl (C=O) groups is 1. The van der Waals surface area contributed by atoms with Crippen LogP contribution in [0.5, 0.6) is 0 Å². The lowest BCUT2D eigenvalue weighted by Gasteiger charge is -2.31. The fourth-order valence-corrected chi connectivity index (χ4v) is 3.49. The van der Waals surface area contributed by atoms with Gasteiger partial charge in [0.1, 0.15) is 11.0 Å². The molecular formula is C18H19ClN6O2. The summed E-state index contributed by atoms with van der Waals surface area (Å²) in [5.41, 5.74) is 2.42. The van der Waals surface area contributed by atoms with Crippen molar-refractivity contribution in [1.29, 1.82) is 0 Å². The van der Waals surface area contributed by atoms with E-state index in [1.54, 1.807) is 10.7 Å². The number of fused-ring (bicyclic) bond motifs is 1. The Morgan fingerprint density at radius 1 is 1.37 bits per heavy atom. The Kier molecular flexibility index (Phi) is 4.57. The lowest BCUT2D eigenvalue weighted by molar-refractivity contribution is 0.133. The molecule has 1 amide bonds. The van der Waals surface area contributed by atoms with Crippen LogP contribution in [0.2, 0.25) is 5.15 Å². The highest BCUT2D eigenvalue weighted by atomic mass is 35.5. The number of carboxylic acid groups (broad SMARTS) is 1. The number of nitrogens with one attached hydrogen (secondary N) is 1. The summed E-state index contributed by atoms with van der Waals surface area (Å²) in [6.07, 6.45) is 4.36. The van der Waals surface area contributed by atoms with E-state index in [-0.39, 0.29) is 6.04 Å². The molecular weight excluding hydrogens is 368 g/mol. The molecule has 4 rings (SSSR count). The maximum atomic E-state index is 11.2.